The van der Waals surface area contributed by atoms with Crippen LogP contribution in [0.2, 0.25) is 0 Å². The van der Waals surface area contributed by atoms with Crippen molar-refractivity contribution in [3.63, 3.8) is 0 Å². The van der Waals surface area contributed by atoms with Gasteiger partial charge in [-0.1, -0.05) is 61.9 Å². The van der Waals surface area contributed by atoms with E-state index in [9.17, 15) is 22.8 Å². The highest BCUT2D eigenvalue weighted by Gasteiger charge is 2.26. The minimum absolute atomic E-state index is 0.0443. The molecule has 1 heterocycles. The molecule has 0 unspecified atom stereocenters. The monoisotopic (exact) mass is 634 g/mol. The van der Waals surface area contributed by atoms with Crippen LogP contribution in [0.5, 0.6) is 0 Å². The highest BCUT2D eigenvalue weighted by Crippen LogP contribution is 2.36. The third-order valence-corrected chi connectivity index (χ3v) is 8.92. The molecule has 0 saturated heterocycles. The number of anilines is 2. The summed E-state index contributed by atoms with van der Waals surface area (Å²) in [6.45, 7) is 5.33. The van der Waals surface area contributed by atoms with Gasteiger partial charge < -0.3 is 14.8 Å². The summed E-state index contributed by atoms with van der Waals surface area (Å²) in [4.78, 5) is 38.6. The van der Waals surface area contributed by atoms with Gasteiger partial charge in [0.15, 0.2) is 6.10 Å². The third-order valence-electron chi connectivity index (χ3n) is 6.65. The van der Waals surface area contributed by atoms with Gasteiger partial charge in [0.1, 0.15) is 10.6 Å². The first-order valence-electron chi connectivity index (χ1n) is 14.2. The Labute approximate surface area is 261 Å². The number of unbranched alkanes of at least 4 members (excludes halogenated alkanes) is 1. The van der Waals surface area contributed by atoms with Crippen molar-refractivity contribution in [1.29, 1.82) is 0 Å². The zero-order valence-electron chi connectivity index (χ0n) is 24.7. The highest BCUT2D eigenvalue weighted by atomic mass is 32.2. The van der Waals surface area contributed by atoms with Crippen LogP contribution in [0.15, 0.2) is 89.1 Å². The topological polar surface area (TPSA) is 128 Å². The van der Waals surface area contributed by atoms with Gasteiger partial charge in [-0.3, -0.25) is 9.52 Å². The van der Waals surface area contributed by atoms with Crippen LogP contribution < -0.4 is 10.0 Å². The molecule has 230 valence electrons. The van der Waals surface area contributed by atoms with Gasteiger partial charge in [-0.25, -0.2) is 18.0 Å². The first kappa shape index (κ1) is 32.4. The Bertz CT molecular complexity index is 1720. The first-order chi connectivity index (χ1) is 21.1. The van der Waals surface area contributed by atoms with Crippen LogP contribution in [0.3, 0.4) is 0 Å². The fraction of sp³-hybridized carbons (Fsp3) is 0.242. The number of sulfonamides is 1. The summed E-state index contributed by atoms with van der Waals surface area (Å²) in [6, 6.07) is 21.7. The molecule has 0 aliphatic rings. The lowest BCUT2D eigenvalue weighted by Crippen LogP contribution is -2.30. The maximum Gasteiger partial charge on any atom is 0.341 e. The number of thiophene rings is 1. The number of carbonyl (C=O) groups excluding carboxylic acids is 3. The lowest BCUT2D eigenvalue weighted by Gasteiger charge is -2.15. The summed E-state index contributed by atoms with van der Waals surface area (Å²) in [5.74, 6) is -2.14. The van der Waals surface area contributed by atoms with Gasteiger partial charge in [0.05, 0.1) is 17.1 Å². The van der Waals surface area contributed by atoms with Gasteiger partial charge >= 0.3 is 11.9 Å². The Kier molecular flexibility index (Phi) is 10.9. The molecule has 0 aliphatic carbocycles. The van der Waals surface area contributed by atoms with E-state index in [1.807, 2.05) is 42.5 Å². The van der Waals surface area contributed by atoms with Crippen LogP contribution in [0.25, 0.3) is 11.1 Å². The molecule has 0 radical (unpaired) electrons. The average Bonchev–Trinajstić information content (AvgIpc) is 3.44. The molecule has 2 N–H and O–H groups in total. The fourth-order valence-electron chi connectivity index (χ4n) is 4.31. The van der Waals surface area contributed by atoms with E-state index in [0.717, 1.165) is 41.7 Å². The number of nitrogens with one attached hydrogen (secondary N) is 2. The van der Waals surface area contributed by atoms with Crippen molar-refractivity contribution in [2.45, 2.75) is 51.0 Å². The van der Waals surface area contributed by atoms with Crippen LogP contribution in [0.4, 0.5) is 10.7 Å². The quantitative estimate of drug-likeness (QED) is 0.153. The standard InChI is InChI=1S/C33H34N2O7S2/c1-4-6-11-23-16-18-26(19-17-23)35-44(39,40)27-15-10-14-25(20-27)32(37)42-22(3)30(36)34-31-29(33(38)41-5-2)28(21-43-31)24-12-8-7-9-13-24/h7-10,12-22,35H,4-6,11H2,1-3H3,(H,34,36)/t22-/m1/s1. The molecule has 0 fully saturated rings. The molecule has 1 amide bonds. The minimum atomic E-state index is -4.00. The van der Waals surface area contributed by atoms with E-state index in [4.69, 9.17) is 9.47 Å². The van der Waals surface area contributed by atoms with E-state index in [1.54, 1.807) is 24.4 Å². The van der Waals surface area contributed by atoms with Crippen LogP contribution in [-0.2, 0) is 30.7 Å². The Morgan fingerprint density at radius 2 is 1.64 bits per heavy atom. The normalized spacial score (nSPS) is 11.8. The Morgan fingerprint density at radius 3 is 2.32 bits per heavy atom. The second-order valence-electron chi connectivity index (χ2n) is 9.91. The van der Waals surface area contributed by atoms with Gasteiger partial charge in [0.2, 0.25) is 0 Å². The molecule has 0 saturated carbocycles. The van der Waals surface area contributed by atoms with Crippen LogP contribution >= 0.6 is 11.3 Å². The van der Waals surface area contributed by atoms with E-state index in [2.05, 4.69) is 17.0 Å². The van der Waals surface area contributed by atoms with E-state index in [0.29, 0.717) is 11.3 Å². The van der Waals surface area contributed by atoms with E-state index in [-0.39, 0.29) is 27.6 Å². The van der Waals surface area contributed by atoms with Crippen LogP contribution in [0.1, 0.15) is 59.9 Å². The number of hydrogen-bond donors (Lipinski definition) is 2. The molecule has 0 spiro atoms. The summed E-state index contributed by atoms with van der Waals surface area (Å²) in [6.07, 6.45) is 1.77. The number of benzene rings is 3. The molecule has 3 aromatic carbocycles. The SMILES string of the molecule is CCCCc1ccc(NS(=O)(=O)c2cccc(C(=O)O[C@H](C)C(=O)Nc3scc(-c4ccccc4)c3C(=O)OCC)c2)cc1. The molecule has 0 aliphatic heterocycles. The number of ether oxygens (including phenoxy) is 2. The van der Waals surface area contributed by atoms with Crippen LogP contribution in [0, 0.1) is 0 Å². The Morgan fingerprint density at radius 1 is 0.909 bits per heavy atom. The molecule has 11 heteroatoms. The van der Waals surface area contributed by atoms with Crippen molar-refractivity contribution in [2.24, 2.45) is 0 Å². The van der Waals surface area contributed by atoms with Gasteiger partial charge in [-0.2, -0.15) is 0 Å². The summed E-state index contributed by atoms with van der Waals surface area (Å²) >= 11 is 1.15. The zero-order valence-corrected chi connectivity index (χ0v) is 26.3. The van der Waals surface area contributed by atoms with Gasteiger partial charge in [-0.15, -0.1) is 11.3 Å². The zero-order chi connectivity index (χ0) is 31.7. The van der Waals surface area contributed by atoms with E-state index in [1.165, 1.54) is 31.2 Å². The lowest BCUT2D eigenvalue weighted by molar-refractivity contribution is -0.123. The number of rotatable bonds is 13. The van der Waals surface area contributed by atoms with Crippen LogP contribution in [-0.4, -0.2) is 39.0 Å². The van der Waals surface area contributed by atoms with Crippen molar-refractivity contribution < 1.29 is 32.3 Å². The average molecular weight is 635 g/mol. The van der Waals surface area contributed by atoms with Gasteiger partial charge in [0.25, 0.3) is 15.9 Å². The van der Waals surface area contributed by atoms with E-state index < -0.39 is 34.0 Å². The highest BCUT2D eigenvalue weighted by molar-refractivity contribution is 7.92. The second-order valence-corrected chi connectivity index (χ2v) is 12.5. The van der Waals surface area contributed by atoms with Crippen molar-refractivity contribution in [3.05, 3.63) is 101 Å². The van der Waals surface area contributed by atoms with Crippen molar-refractivity contribution in [3.8, 4) is 11.1 Å². The predicted octanol–water partition coefficient (Wildman–Crippen LogP) is 6.92. The summed E-state index contributed by atoms with van der Waals surface area (Å²) in [7, 11) is -4.00. The maximum atomic E-state index is 13.0. The molecule has 1 atom stereocenters. The molecule has 9 nitrogen and oxygen atoms in total. The summed E-state index contributed by atoms with van der Waals surface area (Å²) in [5, 5.41) is 4.67. The van der Waals surface area contributed by atoms with E-state index >= 15 is 0 Å². The summed E-state index contributed by atoms with van der Waals surface area (Å²) < 4.78 is 39.2. The smallest absolute Gasteiger partial charge is 0.341 e. The van der Waals surface area contributed by atoms with Crippen molar-refractivity contribution in [1.82, 2.24) is 0 Å². The largest absolute Gasteiger partial charge is 0.462 e. The molecular formula is C33H34N2O7S2. The molecule has 44 heavy (non-hydrogen) atoms. The number of hydrogen-bond acceptors (Lipinski definition) is 8. The van der Waals surface area contributed by atoms with Crippen molar-refractivity contribution >= 4 is 49.9 Å². The lowest BCUT2D eigenvalue weighted by atomic mass is 10.0. The molecule has 4 aromatic rings. The maximum absolute atomic E-state index is 13.0. The number of amides is 1. The third kappa shape index (κ3) is 8.12. The number of aryl methyl sites for hydroxylation is 1. The van der Waals surface area contributed by atoms with Gasteiger partial charge in [0, 0.05) is 16.6 Å². The Hall–Kier alpha value is -4.48. The van der Waals surface area contributed by atoms with Crippen molar-refractivity contribution in [2.75, 3.05) is 16.6 Å². The summed E-state index contributed by atoms with van der Waals surface area (Å²) in [5.41, 5.74) is 3.06. The van der Waals surface area contributed by atoms with Gasteiger partial charge in [-0.05, 0) is 68.1 Å². The number of esters is 2. The molecule has 1 aromatic heterocycles. The minimum Gasteiger partial charge on any atom is -0.462 e. The molecular weight excluding hydrogens is 601 g/mol. The fourth-order valence-corrected chi connectivity index (χ4v) is 6.37. The second kappa shape index (κ2) is 14.8. The first-order valence-corrected chi connectivity index (χ1v) is 16.6. The Balaban J connectivity index is 1.44. The molecule has 0 bridgehead atoms. The molecule has 4 rings (SSSR count). The predicted molar refractivity (Wildman–Crippen MR) is 172 cm³/mol. The number of carbonyl (C=O) groups is 3.